The molecule has 3 nitrogen and oxygen atoms in total. The molecular weight excluding hydrogens is 399 g/mol. The maximum atomic E-state index is 11.2. The highest BCUT2D eigenvalue weighted by molar-refractivity contribution is 9.10. The Hall–Kier alpha value is -1.04. The summed E-state index contributed by atoms with van der Waals surface area (Å²) in [6.07, 6.45) is 0. The Labute approximate surface area is 131 Å². The minimum Gasteiger partial charge on any atom is -0.478 e. The summed E-state index contributed by atoms with van der Waals surface area (Å²) in [7, 11) is 0. The first-order valence-electron chi connectivity index (χ1n) is 5.13. The molecule has 0 saturated carbocycles. The molecule has 0 amide bonds. The van der Waals surface area contributed by atoms with Crippen LogP contribution < -0.4 is 4.74 Å². The van der Waals surface area contributed by atoms with Crippen molar-refractivity contribution in [3.05, 3.63) is 55.9 Å². The fraction of sp³-hybridized carbons (Fsp3) is 0. The highest BCUT2D eigenvalue weighted by Gasteiger charge is 2.14. The van der Waals surface area contributed by atoms with Gasteiger partial charge in [-0.1, -0.05) is 43.5 Å². The van der Waals surface area contributed by atoms with Crippen LogP contribution in [0.25, 0.3) is 0 Å². The first-order valence-corrected chi connectivity index (χ1v) is 7.09. The summed E-state index contributed by atoms with van der Waals surface area (Å²) in [6, 6.07) is 9.87. The lowest BCUT2D eigenvalue weighted by atomic mass is 10.2. The summed E-state index contributed by atoms with van der Waals surface area (Å²) >= 11 is 12.5. The Morgan fingerprint density at radius 1 is 1.05 bits per heavy atom. The number of carboxylic acid groups (broad SMARTS) is 1. The monoisotopic (exact) mass is 404 g/mol. The molecule has 6 heteroatoms. The van der Waals surface area contributed by atoms with Gasteiger partial charge in [0.05, 0.1) is 5.02 Å². The van der Waals surface area contributed by atoms with Crippen LogP contribution >= 0.6 is 43.5 Å². The lowest BCUT2D eigenvalue weighted by molar-refractivity contribution is 0.0694. The molecule has 0 bridgehead atoms. The van der Waals surface area contributed by atoms with Gasteiger partial charge in [0.25, 0.3) is 0 Å². The molecule has 0 unspecified atom stereocenters. The molecule has 0 aliphatic heterocycles. The van der Waals surface area contributed by atoms with E-state index < -0.39 is 5.97 Å². The van der Waals surface area contributed by atoms with Gasteiger partial charge in [0.15, 0.2) is 0 Å². The first-order chi connectivity index (χ1) is 8.97. The van der Waals surface area contributed by atoms with E-state index in [-0.39, 0.29) is 11.3 Å². The molecule has 0 fully saturated rings. The van der Waals surface area contributed by atoms with E-state index >= 15 is 0 Å². The van der Waals surface area contributed by atoms with Crippen molar-refractivity contribution in [2.75, 3.05) is 0 Å². The van der Waals surface area contributed by atoms with Crippen LogP contribution in [-0.2, 0) is 0 Å². The quantitative estimate of drug-likeness (QED) is 0.747. The second kappa shape index (κ2) is 5.94. The van der Waals surface area contributed by atoms with Gasteiger partial charge in [-0.3, -0.25) is 0 Å². The van der Waals surface area contributed by atoms with Crippen LogP contribution in [0.5, 0.6) is 11.5 Å². The summed E-state index contributed by atoms with van der Waals surface area (Å²) in [5.74, 6) is -0.445. The van der Waals surface area contributed by atoms with Crippen molar-refractivity contribution in [2.24, 2.45) is 0 Å². The number of hydrogen-bond donors (Lipinski definition) is 1. The van der Waals surface area contributed by atoms with Gasteiger partial charge < -0.3 is 9.84 Å². The number of benzene rings is 2. The number of halogens is 3. The summed E-state index contributed by atoms with van der Waals surface area (Å²) in [5, 5.41) is 9.55. The van der Waals surface area contributed by atoms with Gasteiger partial charge in [-0.2, -0.15) is 0 Å². The third kappa shape index (κ3) is 3.49. The van der Waals surface area contributed by atoms with Crippen LogP contribution in [-0.4, -0.2) is 11.1 Å². The van der Waals surface area contributed by atoms with Gasteiger partial charge in [0.1, 0.15) is 17.1 Å². The van der Waals surface area contributed by atoms with Gasteiger partial charge in [-0.15, -0.1) is 0 Å². The van der Waals surface area contributed by atoms with E-state index in [0.717, 1.165) is 4.47 Å². The lowest BCUT2D eigenvalue weighted by Crippen LogP contribution is -2.00. The number of carboxylic acids is 1. The van der Waals surface area contributed by atoms with Crippen LogP contribution in [0.1, 0.15) is 10.4 Å². The van der Waals surface area contributed by atoms with Gasteiger partial charge in [-0.25, -0.2) is 4.79 Å². The largest absolute Gasteiger partial charge is 0.478 e. The average molecular weight is 406 g/mol. The van der Waals surface area contributed by atoms with Crippen molar-refractivity contribution in [3.8, 4) is 11.5 Å². The van der Waals surface area contributed by atoms with Gasteiger partial charge in [0, 0.05) is 8.95 Å². The summed E-state index contributed by atoms with van der Waals surface area (Å²) < 4.78 is 7.03. The SMILES string of the molecule is O=C(O)c1cc(Br)ccc1Oc1cc(Br)ccc1Cl. The van der Waals surface area contributed by atoms with Gasteiger partial charge in [-0.05, 0) is 36.4 Å². The van der Waals surface area contributed by atoms with Crippen molar-refractivity contribution < 1.29 is 14.6 Å². The van der Waals surface area contributed by atoms with Crippen LogP contribution in [0, 0.1) is 0 Å². The molecule has 0 saturated heterocycles. The smallest absolute Gasteiger partial charge is 0.339 e. The zero-order valence-electron chi connectivity index (χ0n) is 9.36. The maximum absolute atomic E-state index is 11.2. The molecule has 2 aromatic rings. The molecule has 98 valence electrons. The van der Waals surface area contributed by atoms with E-state index in [1.54, 1.807) is 30.3 Å². The molecule has 0 aliphatic rings. The number of hydrogen-bond acceptors (Lipinski definition) is 2. The highest BCUT2D eigenvalue weighted by Crippen LogP contribution is 2.34. The predicted octanol–water partition coefficient (Wildman–Crippen LogP) is 5.36. The Balaban J connectivity index is 2.43. The van der Waals surface area contributed by atoms with Crippen LogP contribution in [0.3, 0.4) is 0 Å². The molecule has 2 aromatic carbocycles. The number of ether oxygens (including phenoxy) is 1. The van der Waals surface area contributed by atoms with E-state index in [1.807, 2.05) is 0 Å². The number of aromatic carboxylic acids is 1. The molecule has 0 atom stereocenters. The molecule has 19 heavy (non-hydrogen) atoms. The fourth-order valence-electron chi connectivity index (χ4n) is 1.43. The standard InChI is InChI=1S/C13H7Br2ClO3/c14-7-2-4-11(9(5-7)13(17)18)19-12-6-8(15)1-3-10(12)16/h1-6H,(H,17,18). The van der Waals surface area contributed by atoms with E-state index in [0.29, 0.717) is 15.2 Å². The Kier molecular flexibility index (Phi) is 4.50. The van der Waals surface area contributed by atoms with Crippen molar-refractivity contribution in [1.82, 2.24) is 0 Å². The molecule has 0 radical (unpaired) electrons. The first kappa shape index (κ1) is 14.4. The van der Waals surface area contributed by atoms with Crippen molar-refractivity contribution in [3.63, 3.8) is 0 Å². The van der Waals surface area contributed by atoms with Gasteiger partial charge >= 0.3 is 5.97 Å². The second-order valence-electron chi connectivity index (χ2n) is 3.62. The highest BCUT2D eigenvalue weighted by atomic mass is 79.9. The zero-order valence-corrected chi connectivity index (χ0v) is 13.3. The van der Waals surface area contributed by atoms with Crippen LogP contribution in [0.2, 0.25) is 5.02 Å². The van der Waals surface area contributed by atoms with E-state index in [2.05, 4.69) is 31.9 Å². The molecular formula is C13H7Br2ClO3. The Morgan fingerprint density at radius 2 is 1.68 bits per heavy atom. The molecule has 0 heterocycles. The minimum atomic E-state index is -1.07. The summed E-state index contributed by atoms with van der Waals surface area (Å²) in [5.41, 5.74) is 0.0606. The van der Waals surface area contributed by atoms with E-state index in [9.17, 15) is 4.79 Å². The van der Waals surface area contributed by atoms with Crippen molar-refractivity contribution in [2.45, 2.75) is 0 Å². The van der Waals surface area contributed by atoms with E-state index in [4.69, 9.17) is 21.4 Å². The maximum Gasteiger partial charge on any atom is 0.339 e. The zero-order chi connectivity index (χ0) is 14.0. The van der Waals surface area contributed by atoms with E-state index in [1.165, 1.54) is 6.07 Å². The second-order valence-corrected chi connectivity index (χ2v) is 5.86. The average Bonchev–Trinajstić information content (AvgIpc) is 2.35. The van der Waals surface area contributed by atoms with Crippen molar-refractivity contribution >= 4 is 49.4 Å². The Bertz CT molecular complexity index is 644. The fourth-order valence-corrected chi connectivity index (χ4v) is 2.29. The molecule has 2 rings (SSSR count). The molecule has 0 aliphatic carbocycles. The minimum absolute atomic E-state index is 0.0606. The van der Waals surface area contributed by atoms with Crippen LogP contribution in [0.15, 0.2) is 45.3 Å². The number of carbonyl (C=O) groups is 1. The third-order valence-electron chi connectivity index (χ3n) is 2.29. The summed E-state index contributed by atoms with van der Waals surface area (Å²) in [6.45, 7) is 0. The van der Waals surface area contributed by atoms with Crippen LogP contribution in [0.4, 0.5) is 0 Å². The van der Waals surface area contributed by atoms with Crippen molar-refractivity contribution in [1.29, 1.82) is 0 Å². The molecule has 0 aromatic heterocycles. The molecule has 1 N–H and O–H groups in total. The number of rotatable bonds is 3. The molecule has 0 spiro atoms. The van der Waals surface area contributed by atoms with Gasteiger partial charge in [0.2, 0.25) is 0 Å². The predicted molar refractivity (Wildman–Crippen MR) is 80.3 cm³/mol. The lowest BCUT2D eigenvalue weighted by Gasteiger charge is -2.10. The Morgan fingerprint density at radius 3 is 2.37 bits per heavy atom. The topological polar surface area (TPSA) is 46.5 Å². The third-order valence-corrected chi connectivity index (χ3v) is 3.58. The summed E-state index contributed by atoms with van der Waals surface area (Å²) in [4.78, 5) is 11.2. The normalized spacial score (nSPS) is 10.3.